The van der Waals surface area contributed by atoms with Crippen molar-refractivity contribution in [3.05, 3.63) is 71.1 Å². The highest BCUT2D eigenvalue weighted by molar-refractivity contribution is 6.30. The zero-order valence-electron chi connectivity index (χ0n) is 12.6. The number of likely N-dealkylation sites (N-methyl/N-ethyl adjacent to an activating group) is 1. The maximum Gasteiger partial charge on any atom is 0.246 e. The molecule has 0 radical (unpaired) electrons. The number of fused-ring (bicyclic) bond motifs is 1. The van der Waals surface area contributed by atoms with Gasteiger partial charge in [-0.15, -0.1) is 0 Å². The topological polar surface area (TPSA) is 46.3 Å². The number of halogens is 1. The highest BCUT2D eigenvalue weighted by Gasteiger charge is 2.07. The predicted molar refractivity (Wildman–Crippen MR) is 91.0 cm³/mol. The van der Waals surface area contributed by atoms with E-state index in [4.69, 9.17) is 16.0 Å². The van der Waals surface area contributed by atoms with Crippen molar-refractivity contribution in [2.75, 3.05) is 7.05 Å². The summed E-state index contributed by atoms with van der Waals surface area (Å²) in [5.41, 5.74) is 2.45. The summed E-state index contributed by atoms with van der Waals surface area (Å²) < 4.78 is 5.55. The second-order valence-corrected chi connectivity index (χ2v) is 5.61. The van der Waals surface area contributed by atoms with Crippen molar-refractivity contribution < 1.29 is 9.21 Å². The third-order valence-electron chi connectivity index (χ3n) is 3.36. The van der Waals surface area contributed by atoms with E-state index in [0.29, 0.717) is 23.0 Å². The molecule has 5 heteroatoms. The maximum atomic E-state index is 12.2. The lowest BCUT2D eigenvalue weighted by molar-refractivity contribution is -0.125. The first-order chi connectivity index (χ1) is 11.1. The van der Waals surface area contributed by atoms with Crippen molar-refractivity contribution in [2.45, 2.75) is 6.54 Å². The van der Waals surface area contributed by atoms with Gasteiger partial charge >= 0.3 is 0 Å². The van der Waals surface area contributed by atoms with Gasteiger partial charge in [-0.25, -0.2) is 4.98 Å². The molecule has 1 aromatic heterocycles. The average Bonchev–Trinajstić information content (AvgIpc) is 2.95. The van der Waals surface area contributed by atoms with E-state index in [1.165, 1.54) is 6.08 Å². The van der Waals surface area contributed by atoms with Gasteiger partial charge in [0.1, 0.15) is 5.52 Å². The number of oxazole rings is 1. The Morgan fingerprint density at radius 2 is 2.09 bits per heavy atom. The molecule has 3 rings (SSSR count). The van der Waals surface area contributed by atoms with E-state index in [2.05, 4.69) is 4.98 Å². The van der Waals surface area contributed by atoms with E-state index < -0.39 is 0 Å². The van der Waals surface area contributed by atoms with Crippen LogP contribution in [0.1, 0.15) is 11.5 Å². The molecule has 3 aromatic rings. The van der Waals surface area contributed by atoms with Crippen LogP contribution in [0.2, 0.25) is 5.02 Å². The number of hydrogen-bond acceptors (Lipinski definition) is 3. The number of hydrogen-bond donors (Lipinski definition) is 0. The van der Waals surface area contributed by atoms with Crippen LogP contribution < -0.4 is 0 Å². The van der Waals surface area contributed by atoms with E-state index in [9.17, 15) is 4.79 Å². The maximum absolute atomic E-state index is 12.2. The van der Waals surface area contributed by atoms with E-state index in [0.717, 1.165) is 11.1 Å². The summed E-state index contributed by atoms with van der Waals surface area (Å²) in [4.78, 5) is 18.1. The van der Waals surface area contributed by atoms with Crippen LogP contribution in [0, 0.1) is 0 Å². The van der Waals surface area contributed by atoms with Crippen LogP contribution >= 0.6 is 11.6 Å². The van der Waals surface area contributed by atoms with Gasteiger partial charge in [-0.05, 0) is 29.8 Å². The Kier molecular flexibility index (Phi) is 4.44. The molecule has 0 aliphatic rings. The molecule has 0 unspecified atom stereocenters. The lowest BCUT2D eigenvalue weighted by Gasteiger charge is -2.15. The van der Waals surface area contributed by atoms with Crippen LogP contribution in [-0.4, -0.2) is 22.8 Å². The quantitative estimate of drug-likeness (QED) is 0.676. The molecule has 0 N–H and O–H groups in total. The molecule has 1 amide bonds. The lowest BCUT2D eigenvalue weighted by atomic mass is 10.2. The standard InChI is InChI=1S/C18H15ClN2O2/c1-21(12-13-5-4-6-14(19)11-13)18(22)10-9-17-20-15-7-2-3-8-16(15)23-17/h2-11H,12H2,1H3/b10-9+. The number of benzene rings is 2. The van der Waals surface area contributed by atoms with Crippen LogP contribution in [0.4, 0.5) is 0 Å². The molecule has 23 heavy (non-hydrogen) atoms. The van der Waals surface area contributed by atoms with E-state index >= 15 is 0 Å². The lowest BCUT2D eigenvalue weighted by Crippen LogP contribution is -2.24. The summed E-state index contributed by atoms with van der Waals surface area (Å²) in [5.74, 6) is 0.280. The summed E-state index contributed by atoms with van der Waals surface area (Å²) >= 11 is 5.95. The summed E-state index contributed by atoms with van der Waals surface area (Å²) in [7, 11) is 1.74. The minimum absolute atomic E-state index is 0.132. The number of aromatic nitrogens is 1. The van der Waals surface area contributed by atoms with E-state index in [-0.39, 0.29) is 5.91 Å². The van der Waals surface area contributed by atoms with Gasteiger partial charge in [0.25, 0.3) is 0 Å². The third kappa shape index (κ3) is 3.79. The summed E-state index contributed by atoms with van der Waals surface area (Å²) in [6.07, 6.45) is 3.03. The number of nitrogens with zero attached hydrogens (tertiary/aromatic N) is 2. The Morgan fingerprint density at radius 1 is 1.26 bits per heavy atom. The molecule has 0 saturated heterocycles. The monoisotopic (exact) mass is 326 g/mol. The van der Waals surface area contributed by atoms with Gasteiger partial charge in [-0.3, -0.25) is 4.79 Å². The van der Waals surface area contributed by atoms with Gasteiger partial charge < -0.3 is 9.32 Å². The first-order valence-corrected chi connectivity index (χ1v) is 7.53. The number of amides is 1. The Labute approximate surface area is 139 Å². The zero-order chi connectivity index (χ0) is 16.2. The Hall–Kier alpha value is -2.59. The fourth-order valence-electron chi connectivity index (χ4n) is 2.22. The molecule has 0 spiro atoms. The number of carbonyl (C=O) groups is 1. The Bertz CT molecular complexity index is 837. The molecule has 4 nitrogen and oxygen atoms in total. The molecular formula is C18H15ClN2O2. The molecule has 2 aromatic carbocycles. The van der Waals surface area contributed by atoms with Crippen LogP contribution in [0.3, 0.4) is 0 Å². The third-order valence-corrected chi connectivity index (χ3v) is 3.60. The van der Waals surface area contributed by atoms with Gasteiger partial charge in [-0.2, -0.15) is 0 Å². The number of carbonyl (C=O) groups excluding carboxylic acids is 1. The molecule has 0 aliphatic heterocycles. The Morgan fingerprint density at radius 3 is 2.87 bits per heavy atom. The molecule has 0 aliphatic carbocycles. The first kappa shape index (κ1) is 15.3. The fraction of sp³-hybridized carbons (Fsp3) is 0.111. The van der Waals surface area contributed by atoms with Crippen LogP contribution in [-0.2, 0) is 11.3 Å². The Balaban J connectivity index is 1.67. The van der Waals surface area contributed by atoms with E-state index in [1.807, 2.05) is 42.5 Å². The van der Waals surface area contributed by atoms with Crippen molar-refractivity contribution in [1.29, 1.82) is 0 Å². The smallest absolute Gasteiger partial charge is 0.246 e. The number of rotatable bonds is 4. The highest BCUT2D eigenvalue weighted by atomic mass is 35.5. The average molecular weight is 327 g/mol. The predicted octanol–water partition coefficient (Wildman–Crippen LogP) is 4.15. The van der Waals surface area contributed by atoms with Crippen LogP contribution in [0.25, 0.3) is 17.2 Å². The van der Waals surface area contributed by atoms with Crippen molar-refractivity contribution in [3.63, 3.8) is 0 Å². The second-order valence-electron chi connectivity index (χ2n) is 5.18. The minimum atomic E-state index is -0.132. The highest BCUT2D eigenvalue weighted by Crippen LogP contribution is 2.16. The van der Waals surface area contributed by atoms with Crippen LogP contribution in [0.5, 0.6) is 0 Å². The molecule has 0 atom stereocenters. The first-order valence-electron chi connectivity index (χ1n) is 7.15. The van der Waals surface area contributed by atoms with Gasteiger partial charge in [0.2, 0.25) is 11.8 Å². The van der Waals surface area contributed by atoms with Gasteiger partial charge in [0, 0.05) is 30.8 Å². The van der Waals surface area contributed by atoms with Crippen molar-refractivity contribution in [1.82, 2.24) is 9.88 Å². The number of para-hydroxylation sites is 2. The molecule has 0 bridgehead atoms. The normalized spacial score (nSPS) is 11.2. The molecule has 0 fully saturated rings. The summed E-state index contributed by atoms with van der Waals surface area (Å²) in [6, 6.07) is 14.9. The van der Waals surface area contributed by atoms with Crippen molar-refractivity contribution in [3.8, 4) is 0 Å². The fourth-order valence-corrected chi connectivity index (χ4v) is 2.43. The summed E-state index contributed by atoms with van der Waals surface area (Å²) in [5, 5.41) is 0.658. The zero-order valence-corrected chi connectivity index (χ0v) is 13.3. The largest absolute Gasteiger partial charge is 0.437 e. The van der Waals surface area contributed by atoms with Gasteiger partial charge in [-0.1, -0.05) is 35.9 Å². The minimum Gasteiger partial charge on any atom is -0.437 e. The van der Waals surface area contributed by atoms with Gasteiger partial charge in [0.05, 0.1) is 0 Å². The summed E-state index contributed by atoms with van der Waals surface area (Å²) in [6.45, 7) is 0.483. The molecule has 0 saturated carbocycles. The molecule has 116 valence electrons. The van der Waals surface area contributed by atoms with Gasteiger partial charge in [0.15, 0.2) is 5.58 Å². The SMILES string of the molecule is CN(Cc1cccc(Cl)c1)C(=O)/C=C/c1nc2ccccc2o1. The van der Waals surface area contributed by atoms with Crippen LogP contribution in [0.15, 0.2) is 59.0 Å². The van der Waals surface area contributed by atoms with Crippen molar-refractivity contribution >= 4 is 34.7 Å². The van der Waals surface area contributed by atoms with Crippen molar-refractivity contribution in [2.24, 2.45) is 0 Å². The second kappa shape index (κ2) is 6.67. The molecular weight excluding hydrogens is 312 g/mol. The molecule has 1 heterocycles. The van der Waals surface area contributed by atoms with E-state index in [1.54, 1.807) is 24.1 Å².